The molecule has 4 aromatic rings. The van der Waals surface area contributed by atoms with Crippen LogP contribution in [-0.4, -0.2) is 32.2 Å². The molecule has 35 heavy (non-hydrogen) atoms. The summed E-state index contributed by atoms with van der Waals surface area (Å²) in [6.45, 7) is 1.41. The van der Waals surface area contributed by atoms with Gasteiger partial charge in [0.25, 0.3) is 5.56 Å². The molecular weight excluding hydrogens is 467 g/mol. The summed E-state index contributed by atoms with van der Waals surface area (Å²) >= 11 is 0. The maximum Gasteiger partial charge on any atom is 0.425 e. The third-order valence-electron chi connectivity index (χ3n) is 5.02. The molecule has 0 radical (unpaired) electrons. The highest BCUT2D eigenvalue weighted by Crippen LogP contribution is 2.42. The molecule has 2 heterocycles. The van der Waals surface area contributed by atoms with Crippen molar-refractivity contribution in [2.24, 2.45) is 0 Å². The van der Waals surface area contributed by atoms with Crippen molar-refractivity contribution >= 4 is 16.9 Å². The molecule has 11 heteroatoms. The Bertz CT molecular complexity index is 1450. The lowest BCUT2D eigenvalue weighted by Gasteiger charge is -2.17. The van der Waals surface area contributed by atoms with Gasteiger partial charge >= 0.3 is 12.1 Å². The van der Waals surface area contributed by atoms with Gasteiger partial charge in [0.15, 0.2) is 12.2 Å². The lowest BCUT2D eigenvalue weighted by Crippen LogP contribution is -2.15. The first-order valence-corrected chi connectivity index (χ1v) is 10.3. The van der Waals surface area contributed by atoms with E-state index in [0.717, 1.165) is 23.4 Å². The number of nitrogens with zero attached hydrogens (tertiary/aromatic N) is 3. The third kappa shape index (κ3) is 5.40. The predicted molar refractivity (Wildman–Crippen MR) is 119 cm³/mol. The standard InChI is InChI=1S/C24H18F3N3O5/c1-14-2-4-15(5-3-14)11-30-13-29-22(33)17-10-16(6-7-18(17)30)35-23-21(24(25,26)27)19(8-9-28-23)34-12-20(31)32/h2-10,13H,11-12H2,1H3,(H,31,32). The van der Waals surface area contributed by atoms with Crippen LogP contribution < -0.4 is 15.0 Å². The van der Waals surface area contributed by atoms with Crippen LogP contribution in [0.15, 0.2) is 65.8 Å². The Morgan fingerprint density at radius 2 is 1.83 bits per heavy atom. The molecule has 2 aromatic heterocycles. The summed E-state index contributed by atoms with van der Waals surface area (Å²) in [5.74, 6) is -3.12. The second-order valence-corrected chi connectivity index (χ2v) is 7.61. The van der Waals surface area contributed by atoms with Crippen LogP contribution in [0.1, 0.15) is 16.7 Å². The molecule has 0 atom stereocenters. The number of fused-ring (bicyclic) bond motifs is 1. The van der Waals surface area contributed by atoms with E-state index in [9.17, 15) is 22.8 Å². The number of hydrogen-bond donors (Lipinski definition) is 1. The van der Waals surface area contributed by atoms with Crippen molar-refractivity contribution < 1.29 is 32.5 Å². The zero-order chi connectivity index (χ0) is 25.2. The van der Waals surface area contributed by atoms with Crippen molar-refractivity contribution in [1.82, 2.24) is 14.5 Å². The van der Waals surface area contributed by atoms with Gasteiger partial charge in [-0.25, -0.2) is 9.78 Å². The fourth-order valence-corrected chi connectivity index (χ4v) is 3.41. The highest BCUT2D eigenvalue weighted by molar-refractivity contribution is 5.79. The summed E-state index contributed by atoms with van der Waals surface area (Å²) in [6, 6.07) is 12.9. The summed E-state index contributed by atoms with van der Waals surface area (Å²) in [6.07, 6.45) is -2.55. The van der Waals surface area contributed by atoms with Gasteiger partial charge in [0.1, 0.15) is 11.5 Å². The summed E-state index contributed by atoms with van der Waals surface area (Å²) < 4.78 is 53.1. The molecule has 0 aliphatic carbocycles. The van der Waals surface area contributed by atoms with Crippen LogP contribution in [0.3, 0.4) is 0 Å². The average molecular weight is 485 g/mol. The number of hydrogen-bond acceptors (Lipinski definition) is 6. The van der Waals surface area contributed by atoms with Crippen LogP contribution in [0.4, 0.5) is 13.2 Å². The number of aromatic nitrogens is 3. The lowest BCUT2D eigenvalue weighted by atomic mass is 10.1. The van der Waals surface area contributed by atoms with E-state index in [1.807, 2.05) is 31.2 Å². The minimum Gasteiger partial charge on any atom is -0.481 e. The van der Waals surface area contributed by atoms with E-state index in [0.29, 0.717) is 12.1 Å². The maximum atomic E-state index is 13.7. The normalized spacial score (nSPS) is 11.4. The van der Waals surface area contributed by atoms with Gasteiger partial charge < -0.3 is 19.1 Å². The molecule has 0 aliphatic heterocycles. The number of halogens is 3. The summed E-state index contributed by atoms with van der Waals surface area (Å²) in [5.41, 5.74) is 0.639. The molecule has 180 valence electrons. The topological polar surface area (TPSA) is 104 Å². The molecule has 0 unspecified atom stereocenters. The fourth-order valence-electron chi connectivity index (χ4n) is 3.41. The van der Waals surface area contributed by atoms with Gasteiger partial charge in [-0.1, -0.05) is 29.8 Å². The first kappa shape index (κ1) is 23.7. The number of carboxylic acid groups (broad SMARTS) is 1. The fraction of sp³-hybridized carbons (Fsp3) is 0.167. The second-order valence-electron chi connectivity index (χ2n) is 7.61. The van der Waals surface area contributed by atoms with Gasteiger partial charge in [-0.05, 0) is 36.8 Å². The van der Waals surface area contributed by atoms with Gasteiger partial charge in [-0.2, -0.15) is 18.2 Å². The molecule has 4 rings (SSSR count). The molecule has 2 aromatic carbocycles. The zero-order valence-corrected chi connectivity index (χ0v) is 18.2. The van der Waals surface area contributed by atoms with Gasteiger partial charge in [0, 0.05) is 12.7 Å². The third-order valence-corrected chi connectivity index (χ3v) is 5.02. The smallest absolute Gasteiger partial charge is 0.425 e. The Kier molecular flexibility index (Phi) is 6.41. The summed E-state index contributed by atoms with van der Waals surface area (Å²) in [4.78, 5) is 30.6. The van der Waals surface area contributed by atoms with Crippen molar-refractivity contribution in [3.63, 3.8) is 0 Å². The van der Waals surface area contributed by atoms with Crippen molar-refractivity contribution in [3.05, 3.63) is 88.1 Å². The highest BCUT2D eigenvalue weighted by Gasteiger charge is 2.39. The number of benzene rings is 2. The van der Waals surface area contributed by atoms with Gasteiger partial charge in [-0.3, -0.25) is 4.79 Å². The number of aliphatic carboxylic acids is 1. The first-order chi connectivity index (χ1) is 16.6. The van der Waals surface area contributed by atoms with Gasteiger partial charge in [0.2, 0.25) is 5.88 Å². The lowest BCUT2D eigenvalue weighted by molar-refractivity contribution is -0.144. The molecule has 0 saturated carbocycles. The molecule has 0 spiro atoms. The minimum absolute atomic E-state index is 0.0853. The van der Waals surface area contributed by atoms with Crippen molar-refractivity contribution in [2.75, 3.05) is 6.61 Å². The first-order valence-electron chi connectivity index (χ1n) is 10.3. The SMILES string of the molecule is Cc1ccc(Cn2cnc(=O)c3cc(Oc4nccc(OCC(=O)O)c4C(F)(F)F)ccc32)cc1. The number of carboxylic acids is 1. The van der Waals surface area contributed by atoms with E-state index in [2.05, 4.69) is 9.97 Å². The van der Waals surface area contributed by atoms with E-state index in [-0.39, 0.29) is 11.1 Å². The molecule has 1 N–H and O–H groups in total. The molecule has 0 fully saturated rings. The predicted octanol–water partition coefficient (Wildman–Crippen LogP) is 4.42. The Morgan fingerprint density at radius 3 is 2.51 bits per heavy atom. The van der Waals surface area contributed by atoms with Crippen molar-refractivity contribution in [1.29, 1.82) is 0 Å². The number of pyridine rings is 1. The summed E-state index contributed by atoms with van der Waals surface area (Å²) in [5, 5.41) is 8.88. The molecule has 0 amide bonds. The molecule has 0 aliphatic rings. The van der Waals surface area contributed by atoms with E-state index in [1.165, 1.54) is 18.5 Å². The monoisotopic (exact) mass is 485 g/mol. The van der Waals surface area contributed by atoms with Crippen molar-refractivity contribution in [3.8, 4) is 17.4 Å². The van der Waals surface area contributed by atoms with Gasteiger partial charge in [-0.15, -0.1) is 0 Å². The number of aryl methyl sites for hydroxylation is 1. The van der Waals surface area contributed by atoms with Crippen LogP contribution in [0, 0.1) is 6.92 Å². The average Bonchev–Trinajstić information content (AvgIpc) is 2.80. The van der Waals surface area contributed by atoms with Crippen LogP contribution in [0.25, 0.3) is 10.9 Å². The molecular formula is C24H18F3N3O5. The second kappa shape index (κ2) is 9.45. The Balaban J connectivity index is 1.71. The molecule has 0 bridgehead atoms. The van der Waals surface area contributed by atoms with E-state index < -0.39 is 41.5 Å². The van der Waals surface area contributed by atoms with E-state index in [4.69, 9.17) is 14.6 Å². The minimum atomic E-state index is -4.95. The van der Waals surface area contributed by atoms with Crippen LogP contribution in [0.5, 0.6) is 17.4 Å². The summed E-state index contributed by atoms with van der Waals surface area (Å²) in [7, 11) is 0. The van der Waals surface area contributed by atoms with E-state index in [1.54, 1.807) is 10.6 Å². The van der Waals surface area contributed by atoms with Gasteiger partial charge in [0.05, 0.1) is 17.2 Å². The Labute approximate surface area is 196 Å². The Morgan fingerprint density at radius 1 is 1.09 bits per heavy atom. The number of alkyl halides is 3. The van der Waals surface area contributed by atoms with Crippen molar-refractivity contribution in [2.45, 2.75) is 19.6 Å². The van der Waals surface area contributed by atoms with E-state index >= 15 is 0 Å². The molecule has 0 saturated heterocycles. The number of ether oxygens (including phenoxy) is 2. The zero-order valence-electron chi connectivity index (χ0n) is 18.2. The highest BCUT2D eigenvalue weighted by atomic mass is 19.4. The quantitative estimate of drug-likeness (QED) is 0.413. The van der Waals surface area contributed by atoms with Crippen LogP contribution in [-0.2, 0) is 17.5 Å². The van der Waals surface area contributed by atoms with Crippen LogP contribution >= 0.6 is 0 Å². The Hall–Kier alpha value is -4.41. The number of rotatable bonds is 7. The largest absolute Gasteiger partial charge is 0.481 e. The number of carbonyl (C=O) groups is 1. The maximum absolute atomic E-state index is 13.7. The van der Waals surface area contributed by atoms with Crippen LogP contribution in [0.2, 0.25) is 0 Å². The molecule has 8 nitrogen and oxygen atoms in total.